The lowest BCUT2D eigenvalue weighted by atomic mass is 10.2. The summed E-state index contributed by atoms with van der Waals surface area (Å²) in [5.74, 6) is 1.42. The molecule has 0 saturated carbocycles. The first-order chi connectivity index (χ1) is 12.8. The fourth-order valence-corrected chi connectivity index (χ4v) is 2.42. The Morgan fingerprint density at radius 3 is 2.37 bits per heavy atom. The Hall–Kier alpha value is -3.29. The van der Waals surface area contributed by atoms with Crippen LogP contribution < -0.4 is 15.4 Å². The molecule has 3 aromatic rings. The predicted octanol–water partition coefficient (Wildman–Crippen LogP) is 5.30. The van der Waals surface area contributed by atoms with Crippen LogP contribution in [0.3, 0.4) is 0 Å². The van der Waals surface area contributed by atoms with Crippen molar-refractivity contribution in [1.29, 1.82) is 0 Å². The number of aromatic nitrogens is 2. The average molecular weight is 374 g/mol. The summed E-state index contributed by atoms with van der Waals surface area (Å²) in [6.07, 6.45) is -2.82. The highest BCUT2D eigenvalue weighted by atomic mass is 19.4. The molecular weight excluding hydrogens is 357 g/mol. The van der Waals surface area contributed by atoms with Crippen LogP contribution >= 0.6 is 0 Å². The van der Waals surface area contributed by atoms with E-state index < -0.39 is 11.7 Å². The number of nitrogens with zero attached hydrogens (tertiary/aromatic N) is 2. The zero-order valence-electron chi connectivity index (χ0n) is 14.6. The van der Waals surface area contributed by atoms with Crippen molar-refractivity contribution >= 4 is 23.1 Å². The molecule has 1 aromatic heterocycles. The summed E-state index contributed by atoms with van der Waals surface area (Å²) in [5.41, 5.74) is 1.53. The number of anilines is 4. The van der Waals surface area contributed by atoms with Crippen LogP contribution in [0.25, 0.3) is 0 Å². The number of nitrogens with one attached hydrogen (secondary N) is 2. The van der Waals surface area contributed by atoms with Crippen molar-refractivity contribution in [2.24, 2.45) is 0 Å². The normalized spacial score (nSPS) is 11.1. The van der Waals surface area contributed by atoms with E-state index >= 15 is 0 Å². The second kappa shape index (κ2) is 7.53. The molecule has 0 aliphatic heterocycles. The molecule has 0 unspecified atom stereocenters. The van der Waals surface area contributed by atoms with Crippen LogP contribution in [0.2, 0.25) is 0 Å². The zero-order valence-corrected chi connectivity index (χ0v) is 14.6. The topological polar surface area (TPSA) is 59.1 Å². The summed E-state index contributed by atoms with van der Waals surface area (Å²) in [5, 5.41) is 6.04. The van der Waals surface area contributed by atoms with Crippen LogP contribution in [0.15, 0.2) is 54.7 Å². The van der Waals surface area contributed by atoms with Crippen LogP contribution in [-0.4, -0.2) is 17.1 Å². The third-order valence-electron chi connectivity index (χ3n) is 3.74. The minimum Gasteiger partial charge on any atom is -0.495 e. The Morgan fingerprint density at radius 1 is 0.963 bits per heavy atom. The Labute approximate surface area is 154 Å². The number of halogens is 3. The highest BCUT2D eigenvalue weighted by Gasteiger charge is 2.29. The molecule has 140 valence electrons. The van der Waals surface area contributed by atoms with Crippen molar-refractivity contribution in [3.63, 3.8) is 0 Å². The fraction of sp³-hybridized carbons (Fsp3) is 0.158. The minimum atomic E-state index is -4.36. The van der Waals surface area contributed by atoms with E-state index in [4.69, 9.17) is 4.74 Å². The van der Waals surface area contributed by atoms with E-state index in [2.05, 4.69) is 20.6 Å². The molecule has 0 aliphatic carbocycles. The molecule has 0 saturated heterocycles. The van der Waals surface area contributed by atoms with E-state index in [1.807, 2.05) is 25.1 Å². The van der Waals surface area contributed by atoms with E-state index in [0.29, 0.717) is 28.9 Å². The lowest BCUT2D eigenvalue weighted by Crippen LogP contribution is -2.05. The fourth-order valence-electron chi connectivity index (χ4n) is 2.42. The van der Waals surface area contributed by atoms with Gasteiger partial charge in [-0.1, -0.05) is 6.07 Å². The second-order valence-corrected chi connectivity index (χ2v) is 5.79. The summed E-state index contributed by atoms with van der Waals surface area (Å²) in [6, 6.07) is 12.0. The molecule has 0 aliphatic rings. The minimum absolute atomic E-state index is 0.329. The molecule has 2 aromatic carbocycles. The Balaban J connectivity index is 1.77. The van der Waals surface area contributed by atoms with Gasteiger partial charge in [0.2, 0.25) is 5.95 Å². The molecule has 2 N–H and O–H groups in total. The quantitative estimate of drug-likeness (QED) is 0.635. The molecule has 0 atom stereocenters. The molecule has 5 nitrogen and oxygen atoms in total. The van der Waals surface area contributed by atoms with Gasteiger partial charge in [0.25, 0.3) is 0 Å². The van der Waals surface area contributed by atoms with Gasteiger partial charge in [-0.2, -0.15) is 18.2 Å². The maximum atomic E-state index is 12.6. The average Bonchev–Trinajstić information content (AvgIpc) is 2.62. The SMILES string of the molecule is COc1ccc(C)cc1Nc1nccc(Nc2ccc(C(F)(F)F)cc2)n1. The smallest absolute Gasteiger partial charge is 0.416 e. The Kier molecular flexibility index (Phi) is 5.16. The first kappa shape index (κ1) is 18.5. The third kappa shape index (κ3) is 4.66. The van der Waals surface area contributed by atoms with Crippen LogP contribution in [0.5, 0.6) is 5.75 Å². The number of hydrogen-bond donors (Lipinski definition) is 2. The van der Waals surface area contributed by atoms with Gasteiger partial charge >= 0.3 is 6.18 Å². The van der Waals surface area contributed by atoms with Gasteiger partial charge in [-0.25, -0.2) is 4.98 Å². The van der Waals surface area contributed by atoms with Crippen LogP contribution in [0.1, 0.15) is 11.1 Å². The molecule has 27 heavy (non-hydrogen) atoms. The number of rotatable bonds is 5. The van der Waals surface area contributed by atoms with Gasteiger partial charge in [0.1, 0.15) is 11.6 Å². The number of benzene rings is 2. The number of alkyl halides is 3. The monoisotopic (exact) mass is 374 g/mol. The molecule has 3 rings (SSSR count). The summed E-state index contributed by atoms with van der Waals surface area (Å²) in [7, 11) is 1.57. The zero-order chi connectivity index (χ0) is 19.4. The van der Waals surface area contributed by atoms with Crippen molar-refractivity contribution in [3.05, 3.63) is 65.9 Å². The van der Waals surface area contributed by atoms with Crippen molar-refractivity contribution < 1.29 is 17.9 Å². The van der Waals surface area contributed by atoms with Crippen LogP contribution in [0, 0.1) is 6.92 Å². The van der Waals surface area contributed by atoms with Crippen LogP contribution in [0.4, 0.5) is 36.3 Å². The van der Waals surface area contributed by atoms with Gasteiger partial charge in [-0.05, 0) is 55.0 Å². The van der Waals surface area contributed by atoms with Gasteiger partial charge < -0.3 is 15.4 Å². The summed E-state index contributed by atoms with van der Waals surface area (Å²) in [4.78, 5) is 8.49. The number of ether oxygens (including phenoxy) is 1. The molecule has 0 amide bonds. The van der Waals surface area contributed by atoms with Crippen LogP contribution in [-0.2, 0) is 6.18 Å². The first-order valence-electron chi connectivity index (χ1n) is 8.04. The van der Waals surface area contributed by atoms with E-state index in [-0.39, 0.29) is 0 Å². The highest BCUT2D eigenvalue weighted by Crippen LogP contribution is 2.31. The van der Waals surface area contributed by atoms with Crippen molar-refractivity contribution in [3.8, 4) is 5.75 Å². The van der Waals surface area contributed by atoms with Crippen molar-refractivity contribution in [2.45, 2.75) is 13.1 Å². The molecule has 0 fully saturated rings. The van der Waals surface area contributed by atoms with Gasteiger partial charge in [0.15, 0.2) is 0 Å². The standard InChI is InChI=1S/C19H17F3N4O/c1-12-3-8-16(27-2)15(11-12)25-18-23-10-9-17(26-18)24-14-6-4-13(5-7-14)19(20,21)22/h3-11H,1-2H3,(H2,23,24,25,26). The van der Waals surface area contributed by atoms with E-state index in [0.717, 1.165) is 17.7 Å². The maximum Gasteiger partial charge on any atom is 0.416 e. The molecule has 0 bridgehead atoms. The number of methoxy groups -OCH3 is 1. The van der Waals surface area contributed by atoms with Gasteiger partial charge in [0, 0.05) is 11.9 Å². The number of hydrogen-bond acceptors (Lipinski definition) is 5. The van der Waals surface area contributed by atoms with Crippen molar-refractivity contribution in [1.82, 2.24) is 9.97 Å². The predicted molar refractivity (Wildman–Crippen MR) is 97.8 cm³/mol. The summed E-state index contributed by atoms with van der Waals surface area (Å²) in [6.45, 7) is 1.95. The van der Waals surface area contributed by atoms with E-state index in [1.54, 1.807) is 19.4 Å². The molecule has 0 spiro atoms. The molecule has 0 radical (unpaired) electrons. The van der Waals surface area contributed by atoms with E-state index in [1.165, 1.54) is 12.1 Å². The van der Waals surface area contributed by atoms with Gasteiger partial charge in [-0.3, -0.25) is 0 Å². The summed E-state index contributed by atoms with van der Waals surface area (Å²) >= 11 is 0. The second-order valence-electron chi connectivity index (χ2n) is 5.79. The lowest BCUT2D eigenvalue weighted by Gasteiger charge is -2.12. The molecule has 8 heteroatoms. The Morgan fingerprint density at radius 2 is 1.70 bits per heavy atom. The Bertz CT molecular complexity index is 927. The van der Waals surface area contributed by atoms with E-state index in [9.17, 15) is 13.2 Å². The first-order valence-corrected chi connectivity index (χ1v) is 8.04. The third-order valence-corrected chi connectivity index (χ3v) is 3.74. The summed E-state index contributed by atoms with van der Waals surface area (Å²) < 4.78 is 43.2. The molecular formula is C19H17F3N4O. The van der Waals surface area contributed by atoms with Gasteiger partial charge in [-0.15, -0.1) is 0 Å². The van der Waals surface area contributed by atoms with Crippen molar-refractivity contribution in [2.75, 3.05) is 17.7 Å². The maximum absolute atomic E-state index is 12.6. The number of aryl methyl sites for hydroxylation is 1. The highest BCUT2D eigenvalue weighted by molar-refractivity contribution is 5.65. The molecule has 1 heterocycles. The lowest BCUT2D eigenvalue weighted by molar-refractivity contribution is -0.137. The van der Waals surface area contributed by atoms with Gasteiger partial charge in [0.05, 0.1) is 18.4 Å². The largest absolute Gasteiger partial charge is 0.495 e.